The molecule has 2 saturated carbocycles. The number of hydrogen-bond acceptors (Lipinski definition) is 0. The van der Waals surface area contributed by atoms with E-state index in [1.807, 2.05) is 12.1 Å². The molecule has 0 amide bonds. The Hall–Kier alpha value is -0.750. The summed E-state index contributed by atoms with van der Waals surface area (Å²) in [6.07, 6.45) is 20.6. The maximum absolute atomic E-state index is 5.99. The predicted octanol–water partition coefficient (Wildman–Crippen LogP) is 8.24. The van der Waals surface area contributed by atoms with E-state index >= 15 is 0 Å². The summed E-state index contributed by atoms with van der Waals surface area (Å²) >= 11 is 5.99. The highest BCUT2D eigenvalue weighted by molar-refractivity contribution is 6.30. The first-order chi connectivity index (χ1) is 12.7. The van der Waals surface area contributed by atoms with E-state index in [0.717, 1.165) is 28.7 Å². The van der Waals surface area contributed by atoms with Crippen molar-refractivity contribution in [3.05, 3.63) is 47.5 Å². The quantitative estimate of drug-likeness (QED) is 0.318. The Labute approximate surface area is 166 Å². The van der Waals surface area contributed by atoms with Gasteiger partial charge in [-0.15, -0.1) is 6.58 Å². The van der Waals surface area contributed by atoms with Gasteiger partial charge in [0.15, 0.2) is 0 Å². The van der Waals surface area contributed by atoms with Gasteiger partial charge in [0.05, 0.1) is 0 Å². The minimum Gasteiger partial charge on any atom is -0.103 e. The highest BCUT2D eigenvalue weighted by Crippen LogP contribution is 2.43. The zero-order valence-corrected chi connectivity index (χ0v) is 17.2. The molecule has 1 aromatic rings. The lowest BCUT2D eigenvalue weighted by molar-refractivity contribution is 0.141. The van der Waals surface area contributed by atoms with E-state index in [2.05, 4.69) is 24.8 Å². The maximum atomic E-state index is 5.99. The molecule has 0 aromatic heterocycles. The van der Waals surface area contributed by atoms with Gasteiger partial charge in [0.25, 0.3) is 0 Å². The molecule has 0 aliphatic heterocycles. The Morgan fingerprint density at radius 3 is 1.88 bits per heavy atom. The molecule has 1 aromatic carbocycles. The third-order valence-electron chi connectivity index (χ3n) is 7.22. The average Bonchev–Trinajstić information content (AvgIpc) is 2.69. The van der Waals surface area contributed by atoms with Crippen molar-refractivity contribution in [3.8, 4) is 0 Å². The van der Waals surface area contributed by atoms with Crippen molar-refractivity contribution < 1.29 is 0 Å². The Bertz CT molecular complexity index is 516. The molecular weight excluding hydrogens is 336 g/mol. The van der Waals surface area contributed by atoms with Crippen molar-refractivity contribution in [2.75, 3.05) is 0 Å². The van der Waals surface area contributed by atoms with E-state index in [0.29, 0.717) is 0 Å². The number of unbranched alkanes of at least 4 members (excludes halogenated alkanes) is 1. The van der Waals surface area contributed by atoms with Crippen molar-refractivity contribution in [1.29, 1.82) is 0 Å². The fraction of sp³-hybridized carbons (Fsp3) is 0.680. The van der Waals surface area contributed by atoms with Gasteiger partial charge in [-0.2, -0.15) is 0 Å². The zero-order valence-electron chi connectivity index (χ0n) is 16.5. The van der Waals surface area contributed by atoms with Crippen molar-refractivity contribution in [1.82, 2.24) is 0 Å². The number of benzene rings is 1. The second-order valence-electron chi connectivity index (χ2n) is 8.95. The first-order valence-electron chi connectivity index (χ1n) is 11.1. The summed E-state index contributed by atoms with van der Waals surface area (Å²) in [6, 6.07) is 8.45. The van der Waals surface area contributed by atoms with Gasteiger partial charge in [0.2, 0.25) is 0 Å². The van der Waals surface area contributed by atoms with Crippen LogP contribution in [0.2, 0.25) is 5.02 Å². The molecule has 0 nitrogen and oxygen atoms in total. The normalized spacial score (nSPS) is 29.4. The Morgan fingerprint density at radius 2 is 1.35 bits per heavy atom. The third-order valence-corrected chi connectivity index (χ3v) is 7.48. The van der Waals surface area contributed by atoms with Crippen molar-refractivity contribution in [3.63, 3.8) is 0 Å². The molecule has 144 valence electrons. The van der Waals surface area contributed by atoms with Gasteiger partial charge in [0.1, 0.15) is 0 Å². The summed E-state index contributed by atoms with van der Waals surface area (Å²) in [7, 11) is 0. The monoisotopic (exact) mass is 372 g/mol. The predicted molar refractivity (Wildman–Crippen MR) is 115 cm³/mol. The van der Waals surface area contributed by atoms with Crippen LogP contribution in [-0.4, -0.2) is 0 Å². The van der Waals surface area contributed by atoms with Gasteiger partial charge < -0.3 is 0 Å². The molecule has 0 radical (unpaired) electrons. The maximum Gasteiger partial charge on any atom is 0.0406 e. The van der Waals surface area contributed by atoms with E-state index in [1.54, 1.807) is 0 Å². The van der Waals surface area contributed by atoms with Gasteiger partial charge in [-0.25, -0.2) is 0 Å². The van der Waals surface area contributed by atoms with Crippen LogP contribution in [0.15, 0.2) is 36.9 Å². The number of allylic oxidation sites excluding steroid dienone is 1. The summed E-state index contributed by atoms with van der Waals surface area (Å²) in [5.74, 6) is 4.05. The SMILES string of the molecule is C=CCCC[C@H]1CC[C@H](C2CCC(CCc3ccc(Cl)cc3)CC2)CC1. The van der Waals surface area contributed by atoms with Crippen LogP contribution in [0, 0.1) is 23.7 Å². The molecule has 26 heavy (non-hydrogen) atoms. The summed E-state index contributed by atoms with van der Waals surface area (Å²) in [4.78, 5) is 0. The summed E-state index contributed by atoms with van der Waals surface area (Å²) < 4.78 is 0. The van der Waals surface area contributed by atoms with E-state index in [4.69, 9.17) is 11.6 Å². The van der Waals surface area contributed by atoms with Crippen LogP contribution in [0.4, 0.5) is 0 Å². The van der Waals surface area contributed by atoms with Crippen LogP contribution in [0.1, 0.15) is 82.6 Å². The Kier molecular flexibility index (Phi) is 8.11. The summed E-state index contributed by atoms with van der Waals surface area (Å²) in [5, 5.41) is 0.852. The highest BCUT2D eigenvalue weighted by Gasteiger charge is 2.30. The van der Waals surface area contributed by atoms with Crippen LogP contribution in [-0.2, 0) is 6.42 Å². The number of halogens is 1. The van der Waals surface area contributed by atoms with Gasteiger partial charge in [0, 0.05) is 5.02 Å². The molecule has 0 N–H and O–H groups in total. The molecule has 0 spiro atoms. The number of rotatable bonds is 8. The second kappa shape index (κ2) is 10.5. The van der Waals surface area contributed by atoms with E-state index in [-0.39, 0.29) is 0 Å². The van der Waals surface area contributed by atoms with Crippen molar-refractivity contribution in [2.24, 2.45) is 23.7 Å². The second-order valence-corrected chi connectivity index (χ2v) is 9.38. The molecule has 3 rings (SSSR count). The van der Waals surface area contributed by atoms with E-state index in [1.165, 1.54) is 89.0 Å². The lowest BCUT2D eigenvalue weighted by Crippen LogP contribution is -2.26. The van der Waals surface area contributed by atoms with Crippen LogP contribution in [0.3, 0.4) is 0 Å². The van der Waals surface area contributed by atoms with Gasteiger partial charge in [-0.1, -0.05) is 61.9 Å². The van der Waals surface area contributed by atoms with E-state index < -0.39 is 0 Å². The first-order valence-corrected chi connectivity index (χ1v) is 11.5. The third kappa shape index (κ3) is 6.15. The summed E-state index contributed by atoms with van der Waals surface area (Å²) in [5.41, 5.74) is 1.45. The van der Waals surface area contributed by atoms with Crippen LogP contribution in [0.5, 0.6) is 0 Å². The fourth-order valence-electron chi connectivity index (χ4n) is 5.47. The molecule has 2 fully saturated rings. The number of hydrogen-bond donors (Lipinski definition) is 0. The molecular formula is C25H37Cl. The lowest BCUT2D eigenvalue weighted by atomic mass is 9.68. The minimum absolute atomic E-state index is 0.852. The van der Waals surface area contributed by atoms with Crippen LogP contribution in [0.25, 0.3) is 0 Å². The topological polar surface area (TPSA) is 0 Å². The molecule has 0 bridgehead atoms. The molecule has 2 aliphatic carbocycles. The molecule has 0 heterocycles. The van der Waals surface area contributed by atoms with Crippen molar-refractivity contribution >= 4 is 11.6 Å². The van der Waals surface area contributed by atoms with Crippen molar-refractivity contribution in [2.45, 2.75) is 83.5 Å². The first kappa shape index (κ1) is 20.0. The molecule has 1 heteroatoms. The Balaban J connectivity index is 1.32. The largest absolute Gasteiger partial charge is 0.103 e. The van der Waals surface area contributed by atoms with E-state index in [9.17, 15) is 0 Å². The molecule has 2 aliphatic rings. The van der Waals surface area contributed by atoms with Gasteiger partial charge >= 0.3 is 0 Å². The van der Waals surface area contributed by atoms with Gasteiger partial charge in [-0.3, -0.25) is 0 Å². The lowest BCUT2D eigenvalue weighted by Gasteiger charge is -2.38. The standard InChI is InChI=1S/C25H37Cl/c1-2-3-4-5-20-8-14-23(15-9-20)24-16-10-21(11-17-24)6-7-22-12-18-25(26)19-13-22/h2,12-13,18-21,23-24H,1,3-11,14-17H2/t20-,21?,23-,24?. The van der Waals surface area contributed by atoms with Crippen LogP contribution >= 0.6 is 11.6 Å². The molecule has 0 unspecified atom stereocenters. The fourth-order valence-corrected chi connectivity index (χ4v) is 5.60. The average molecular weight is 373 g/mol. The Morgan fingerprint density at radius 1 is 0.808 bits per heavy atom. The highest BCUT2D eigenvalue weighted by atomic mass is 35.5. The molecule has 0 atom stereocenters. The smallest absolute Gasteiger partial charge is 0.0406 e. The van der Waals surface area contributed by atoms with Crippen LogP contribution < -0.4 is 0 Å². The zero-order chi connectivity index (χ0) is 18.2. The summed E-state index contributed by atoms with van der Waals surface area (Å²) in [6.45, 7) is 3.85. The van der Waals surface area contributed by atoms with Gasteiger partial charge in [-0.05, 0) is 92.7 Å². The number of aryl methyl sites for hydroxylation is 1. The minimum atomic E-state index is 0.852. The molecule has 0 saturated heterocycles.